The Labute approximate surface area is 188 Å². The van der Waals surface area contributed by atoms with Gasteiger partial charge in [-0.1, -0.05) is 69.4 Å². The van der Waals surface area contributed by atoms with Crippen molar-refractivity contribution < 1.29 is 8.42 Å². The smallest absolute Gasteiger partial charge is 0.295 e. The molecule has 0 saturated heterocycles. The van der Waals surface area contributed by atoms with Crippen LogP contribution in [-0.4, -0.2) is 24.9 Å². The summed E-state index contributed by atoms with van der Waals surface area (Å²) in [5.74, 6) is 1.35. The van der Waals surface area contributed by atoms with E-state index in [9.17, 15) is 13.2 Å². The topological polar surface area (TPSA) is 104 Å². The highest BCUT2D eigenvalue weighted by Crippen LogP contribution is 2.29. The van der Waals surface area contributed by atoms with Gasteiger partial charge in [0.25, 0.3) is 15.6 Å². The third-order valence-corrected chi connectivity index (χ3v) is 7.53. The predicted octanol–water partition coefficient (Wildman–Crippen LogP) is 4.03. The highest BCUT2D eigenvalue weighted by atomic mass is 32.2. The van der Waals surface area contributed by atoms with Crippen LogP contribution in [0.15, 0.2) is 58.5 Å². The van der Waals surface area contributed by atoms with E-state index in [4.69, 9.17) is 0 Å². The van der Waals surface area contributed by atoms with Gasteiger partial charge in [0, 0.05) is 6.54 Å². The molecular formula is C24H30N4O3S. The Hall–Kier alpha value is -2.71. The molecule has 2 aromatic carbocycles. The molecule has 4 rings (SSSR count). The molecule has 0 spiro atoms. The summed E-state index contributed by atoms with van der Waals surface area (Å²) in [5.41, 5.74) is 1.17. The van der Waals surface area contributed by atoms with E-state index in [-0.39, 0.29) is 0 Å². The van der Waals surface area contributed by atoms with Gasteiger partial charge in [0.1, 0.15) is 0 Å². The van der Waals surface area contributed by atoms with Crippen molar-refractivity contribution in [3.8, 4) is 0 Å². The van der Waals surface area contributed by atoms with Crippen LogP contribution in [0.3, 0.4) is 0 Å². The van der Waals surface area contributed by atoms with Crippen LogP contribution in [0.2, 0.25) is 0 Å². The van der Waals surface area contributed by atoms with E-state index in [1.807, 2.05) is 12.1 Å². The Kier molecular flexibility index (Phi) is 6.91. The molecule has 32 heavy (non-hydrogen) atoms. The second-order valence-electron chi connectivity index (χ2n) is 8.66. The van der Waals surface area contributed by atoms with E-state index in [0.717, 1.165) is 18.0 Å². The van der Waals surface area contributed by atoms with Gasteiger partial charge in [0.15, 0.2) is 0 Å². The molecule has 1 fully saturated rings. The number of H-pyrrole nitrogens is 1. The maximum atomic E-state index is 13.0. The van der Waals surface area contributed by atoms with Gasteiger partial charge in [-0.25, -0.2) is 4.98 Å². The van der Waals surface area contributed by atoms with Gasteiger partial charge in [0.05, 0.1) is 16.6 Å². The van der Waals surface area contributed by atoms with Gasteiger partial charge in [-0.05, 0) is 42.1 Å². The maximum Gasteiger partial charge on any atom is 0.295 e. The zero-order chi connectivity index (χ0) is 22.6. The van der Waals surface area contributed by atoms with E-state index in [1.165, 1.54) is 32.1 Å². The molecule has 8 heteroatoms. The van der Waals surface area contributed by atoms with Crippen LogP contribution in [0.1, 0.15) is 44.6 Å². The molecule has 170 valence electrons. The van der Waals surface area contributed by atoms with Crippen LogP contribution in [-0.2, 0) is 16.6 Å². The molecule has 1 heterocycles. The lowest BCUT2D eigenvalue weighted by molar-refractivity contribution is 0.256. The number of aromatic nitrogens is 2. The fourth-order valence-electron chi connectivity index (χ4n) is 4.46. The van der Waals surface area contributed by atoms with Gasteiger partial charge in [-0.15, -0.1) is 0 Å². The summed E-state index contributed by atoms with van der Waals surface area (Å²) in [6.07, 6.45) is 6.60. The quantitative estimate of drug-likeness (QED) is 0.446. The van der Waals surface area contributed by atoms with Crippen LogP contribution >= 0.6 is 0 Å². The number of sulfonamides is 1. The second kappa shape index (κ2) is 9.83. The highest BCUT2D eigenvalue weighted by Gasteiger charge is 2.21. The number of benzene rings is 2. The van der Waals surface area contributed by atoms with Gasteiger partial charge in [0.2, 0.25) is 5.16 Å². The number of hydrogen-bond acceptors (Lipinski definition) is 5. The minimum Gasteiger partial charge on any atom is -0.312 e. The van der Waals surface area contributed by atoms with Crippen LogP contribution in [0.25, 0.3) is 10.9 Å². The summed E-state index contributed by atoms with van der Waals surface area (Å²) in [6.45, 7) is 3.74. The molecule has 3 aromatic rings. The molecule has 1 saturated carbocycles. The number of aromatic amines is 1. The normalized spacial score (nSPS) is 16.2. The molecule has 1 aliphatic carbocycles. The average Bonchev–Trinajstić information content (AvgIpc) is 2.80. The van der Waals surface area contributed by atoms with Gasteiger partial charge < -0.3 is 5.32 Å². The molecular weight excluding hydrogens is 424 g/mol. The lowest BCUT2D eigenvalue weighted by Crippen LogP contribution is -2.28. The standard InChI is InChI=1S/C24H30N4O3S/c1-17(18-9-3-2-4-10-18)15-25-16-19-11-5-7-13-21(19)28-32(30,31)24-26-22-14-8-6-12-20(22)23(29)27-24/h5-8,11-14,17-18,25,28H,2-4,9-10,15-16H2,1H3,(H,26,27,29). The number of fused-ring (bicyclic) bond motifs is 1. The highest BCUT2D eigenvalue weighted by molar-refractivity contribution is 7.92. The first-order chi connectivity index (χ1) is 15.4. The van der Waals surface area contributed by atoms with Gasteiger partial charge in [-0.2, -0.15) is 8.42 Å². The number of anilines is 1. The molecule has 1 atom stereocenters. The maximum absolute atomic E-state index is 13.0. The SMILES string of the molecule is CC(CNCc1ccccc1NS(=O)(=O)c1nc2ccccc2c(=O)[nH]1)C1CCCCC1. The van der Waals surface area contributed by atoms with Crippen molar-refractivity contribution in [3.63, 3.8) is 0 Å². The third-order valence-electron chi connectivity index (χ3n) is 6.34. The number of rotatable bonds is 8. The fourth-order valence-corrected chi connectivity index (χ4v) is 5.49. The molecule has 1 aromatic heterocycles. The summed E-state index contributed by atoms with van der Waals surface area (Å²) in [4.78, 5) is 18.8. The zero-order valence-corrected chi connectivity index (χ0v) is 19.1. The Morgan fingerprint density at radius 2 is 1.78 bits per heavy atom. The molecule has 3 N–H and O–H groups in total. The third kappa shape index (κ3) is 5.19. The summed E-state index contributed by atoms with van der Waals surface area (Å²) in [6, 6.07) is 13.9. The van der Waals surface area contributed by atoms with Crippen LogP contribution in [0.4, 0.5) is 5.69 Å². The Balaban J connectivity index is 1.47. The second-order valence-corrected chi connectivity index (χ2v) is 10.3. The Bertz CT molecular complexity index is 1230. The first-order valence-corrected chi connectivity index (χ1v) is 12.7. The summed E-state index contributed by atoms with van der Waals surface area (Å²) in [5, 5.41) is 3.45. The van der Waals surface area contributed by atoms with Crippen molar-refractivity contribution in [3.05, 3.63) is 64.4 Å². The van der Waals surface area contributed by atoms with E-state index in [0.29, 0.717) is 29.1 Å². The monoisotopic (exact) mass is 454 g/mol. The van der Waals surface area contributed by atoms with E-state index in [2.05, 4.69) is 26.9 Å². The fraction of sp³-hybridized carbons (Fsp3) is 0.417. The van der Waals surface area contributed by atoms with Crippen molar-refractivity contribution in [2.24, 2.45) is 11.8 Å². The first kappa shape index (κ1) is 22.5. The lowest BCUT2D eigenvalue weighted by Gasteiger charge is -2.28. The lowest BCUT2D eigenvalue weighted by atomic mass is 9.81. The van der Waals surface area contributed by atoms with Gasteiger partial charge >= 0.3 is 0 Å². The van der Waals surface area contributed by atoms with Crippen molar-refractivity contribution in [1.82, 2.24) is 15.3 Å². The summed E-state index contributed by atoms with van der Waals surface area (Å²) >= 11 is 0. The first-order valence-electron chi connectivity index (χ1n) is 11.2. The molecule has 1 aliphatic rings. The summed E-state index contributed by atoms with van der Waals surface area (Å²) in [7, 11) is -4.05. The van der Waals surface area contributed by atoms with Crippen LogP contribution < -0.4 is 15.6 Å². The number of nitrogens with zero attached hydrogens (tertiary/aromatic N) is 1. The Morgan fingerprint density at radius 1 is 1.06 bits per heavy atom. The van der Waals surface area contributed by atoms with E-state index in [1.54, 1.807) is 36.4 Å². The molecule has 0 amide bonds. The van der Waals surface area contributed by atoms with E-state index < -0.39 is 20.7 Å². The minimum absolute atomic E-state index is 0.336. The number of hydrogen-bond donors (Lipinski definition) is 3. The largest absolute Gasteiger partial charge is 0.312 e. The number of para-hydroxylation sites is 2. The molecule has 0 radical (unpaired) electrons. The van der Waals surface area contributed by atoms with E-state index >= 15 is 0 Å². The Morgan fingerprint density at radius 3 is 2.59 bits per heavy atom. The predicted molar refractivity (Wildman–Crippen MR) is 127 cm³/mol. The molecule has 7 nitrogen and oxygen atoms in total. The molecule has 0 bridgehead atoms. The molecule has 0 aliphatic heterocycles. The van der Waals surface area contributed by atoms with Gasteiger partial charge in [-0.3, -0.25) is 14.5 Å². The average molecular weight is 455 g/mol. The van der Waals surface area contributed by atoms with Crippen LogP contribution in [0, 0.1) is 11.8 Å². The molecule has 1 unspecified atom stereocenters. The van der Waals surface area contributed by atoms with Crippen molar-refractivity contribution in [2.75, 3.05) is 11.3 Å². The van der Waals surface area contributed by atoms with Crippen molar-refractivity contribution >= 4 is 26.6 Å². The number of nitrogens with one attached hydrogen (secondary N) is 3. The zero-order valence-electron chi connectivity index (χ0n) is 18.3. The summed E-state index contributed by atoms with van der Waals surface area (Å²) < 4.78 is 28.5. The van der Waals surface area contributed by atoms with Crippen molar-refractivity contribution in [2.45, 2.75) is 50.7 Å². The van der Waals surface area contributed by atoms with Crippen molar-refractivity contribution in [1.29, 1.82) is 0 Å². The minimum atomic E-state index is -4.05. The van der Waals surface area contributed by atoms with Crippen LogP contribution in [0.5, 0.6) is 0 Å².